The highest BCUT2D eigenvalue weighted by Gasteiger charge is 2.52. The fourth-order valence-electron chi connectivity index (χ4n) is 2.94. The minimum atomic E-state index is -0.888. The van der Waals surface area contributed by atoms with Gasteiger partial charge >= 0.3 is 5.97 Å². The van der Waals surface area contributed by atoms with E-state index in [1.165, 1.54) is 12.8 Å². The number of carboxylic acids is 1. The smallest absolute Gasteiger partial charge is 0.323 e. The van der Waals surface area contributed by atoms with Crippen molar-refractivity contribution in [1.29, 1.82) is 0 Å². The molecule has 3 heteroatoms. The number of carbonyl (C=O) groups is 1. The van der Waals surface area contributed by atoms with Crippen LogP contribution in [0.25, 0.3) is 0 Å². The van der Waals surface area contributed by atoms with Gasteiger partial charge in [0.25, 0.3) is 0 Å². The monoisotopic (exact) mass is 169 g/mol. The lowest BCUT2D eigenvalue weighted by atomic mass is 9.85. The average Bonchev–Trinajstić information content (AvgIpc) is 2.54. The molecule has 0 bridgehead atoms. The zero-order valence-electron chi connectivity index (χ0n) is 7.12. The standard InChI is InChI=1S/C9H15NO2/c10-9(8(11)12)5-4-6-2-1-3-7(6)9/h6-7H,1-5,10H2,(H,11,12). The van der Waals surface area contributed by atoms with Gasteiger partial charge in [-0.3, -0.25) is 4.79 Å². The van der Waals surface area contributed by atoms with Crippen LogP contribution in [-0.4, -0.2) is 16.6 Å². The maximum absolute atomic E-state index is 10.9. The van der Waals surface area contributed by atoms with Gasteiger partial charge in [-0.25, -0.2) is 0 Å². The molecule has 12 heavy (non-hydrogen) atoms. The van der Waals surface area contributed by atoms with E-state index < -0.39 is 11.5 Å². The molecule has 3 nitrogen and oxygen atoms in total. The van der Waals surface area contributed by atoms with E-state index in [0.29, 0.717) is 12.3 Å². The molecule has 2 fully saturated rings. The van der Waals surface area contributed by atoms with Crippen molar-refractivity contribution < 1.29 is 9.90 Å². The van der Waals surface area contributed by atoms with Gasteiger partial charge < -0.3 is 10.8 Å². The van der Waals surface area contributed by atoms with Gasteiger partial charge in [0.1, 0.15) is 5.54 Å². The quantitative estimate of drug-likeness (QED) is 0.615. The van der Waals surface area contributed by atoms with Gasteiger partial charge in [0, 0.05) is 0 Å². The zero-order valence-corrected chi connectivity index (χ0v) is 7.12. The number of aliphatic carboxylic acids is 1. The van der Waals surface area contributed by atoms with Gasteiger partial charge in [-0.1, -0.05) is 12.8 Å². The molecule has 3 unspecified atom stereocenters. The molecule has 0 aliphatic heterocycles. The highest BCUT2D eigenvalue weighted by molar-refractivity contribution is 5.79. The molecule has 3 atom stereocenters. The van der Waals surface area contributed by atoms with E-state index in [2.05, 4.69) is 0 Å². The Bertz CT molecular complexity index is 217. The van der Waals surface area contributed by atoms with Crippen LogP contribution in [0.1, 0.15) is 32.1 Å². The first kappa shape index (κ1) is 8.05. The lowest BCUT2D eigenvalue weighted by Gasteiger charge is -2.25. The third kappa shape index (κ3) is 0.891. The van der Waals surface area contributed by atoms with Gasteiger partial charge in [-0.2, -0.15) is 0 Å². The van der Waals surface area contributed by atoms with E-state index in [1.54, 1.807) is 0 Å². The number of hydrogen-bond donors (Lipinski definition) is 2. The van der Waals surface area contributed by atoms with Crippen LogP contribution < -0.4 is 5.73 Å². The van der Waals surface area contributed by atoms with E-state index >= 15 is 0 Å². The minimum Gasteiger partial charge on any atom is -0.480 e. The van der Waals surface area contributed by atoms with E-state index in [9.17, 15) is 4.79 Å². The molecule has 0 aromatic rings. The molecule has 0 aromatic carbocycles. The summed E-state index contributed by atoms with van der Waals surface area (Å²) in [7, 11) is 0. The van der Waals surface area contributed by atoms with Crippen LogP contribution in [-0.2, 0) is 4.79 Å². The maximum Gasteiger partial charge on any atom is 0.323 e. The average molecular weight is 169 g/mol. The molecular weight excluding hydrogens is 154 g/mol. The minimum absolute atomic E-state index is 0.259. The summed E-state index contributed by atoms with van der Waals surface area (Å²) in [5, 5.41) is 8.99. The van der Waals surface area contributed by atoms with Gasteiger partial charge in [-0.05, 0) is 31.1 Å². The van der Waals surface area contributed by atoms with Crippen molar-refractivity contribution in [2.45, 2.75) is 37.6 Å². The Hall–Kier alpha value is -0.570. The highest BCUT2D eigenvalue weighted by atomic mass is 16.4. The summed E-state index contributed by atoms with van der Waals surface area (Å²) >= 11 is 0. The molecule has 0 radical (unpaired) electrons. The largest absolute Gasteiger partial charge is 0.480 e. The Morgan fingerprint density at radius 2 is 2.17 bits per heavy atom. The molecule has 0 aromatic heterocycles. The first-order chi connectivity index (χ1) is 5.64. The summed E-state index contributed by atoms with van der Waals surface area (Å²) in [6.45, 7) is 0. The van der Waals surface area contributed by atoms with Gasteiger partial charge in [0.05, 0.1) is 0 Å². The van der Waals surface area contributed by atoms with E-state index in [4.69, 9.17) is 10.8 Å². The summed E-state index contributed by atoms with van der Waals surface area (Å²) < 4.78 is 0. The zero-order chi connectivity index (χ0) is 8.77. The first-order valence-electron chi connectivity index (χ1n) is 4.67. The molecule has 0 amide bonds. The van der Waals surface area contributed by atoms with Crippen molar-refractivity contribution in [1.82, 2.24) is 0 Å². The van der Waals surface area contributed by atoms with Gasteiger partial charge in [0.15, 0.2) is 0 Å². The summed E-state index contributed by atoms with van der Waals surface area (Å²) in [6.07, 6.45) is 5.08. The Balaban J connectivity index is 2.22. The molecule has 2 rings (SSSR count). The molecule has 0 heterocycles. The van der Waals surface area contributed by atoms with Crippen molar-refractivity contribution in [2.24, 2.45) is 17.6 Å². The second-order valence-corrected chi connectivity index (χ2v) is 4.18. The van der Waals surface area contributed by atoms with Crippen LogP contribution >= 0.6 is 0 Å². The second-order valence-electron chi connectivity index (χ2n) is 4.18. The van der Waals surface area contributed by atoms with Crippen LogP contribution in [0, 0.1) is 11.8 Å². The van der Waals surface area contributed by atoms with Crippen LogP contribution in [0.2, 0.25) is 0 Å². The molecule has 2 saturated carbocycles. The first-order valence-corrected chi connectivity index (χ1v) is 4.67. The van der Waals surface area contributed by atoms with Crippen molar-refractivity contribution in [3.05, 3.63) is 0 Å². The topological polar surface area (TPSA) is 63.3 Å². The maximum atomic E-state index is 10.9. The van der Waals surface area contributed by atoms with Crippen LogP contribution in [0.4, 0.5) is 0 Å². The summed E-state index contributed by atoms with van der Waals surface area (Å²) in [5.41, 5.74) is 5.00. The normalized spacial score (nSPS) is 46.1. The Morgan fingerprint density at radius 1 is 1.42 bits per heavy atom. The molecule has 3 N–H and O–H groups in total. The predicted octanol–water partition coefficient (Wildman–Crippen LogP) is 0.979. The van der Waals surface area contributed by atoms with E-state index in [1.807, 2.05) is 0 Å². The number of carboxylic acid groups (broad SMARTS) is 1. The summed E-state index contributed by atoms with van der Waals surface area (Å²) in [4.78, 5) is 10.9. The lowest BCUT2D eigenvalue weighted by molar-refractivity contribution is -0.144. The van der Waals surface area contributed by atoms with Crippen LogP contribution in [0.15, 0.2) is 0 Å². The molecule has 68 valence electrons. The predicted molar refractivity (Wildman–Crippen MR) is 44.6 cm³/mol. The third-order valence-electron chi connectivity index (χ3n) is 3.65. The molecular formula is C9H15NO2. The Morgan fingerprint density at radius 3 is 2.83 bits per heavy atom. The fourth-order valence-corrected chi connectivity index (χ4v) is 2.94. The molecule has 0 saturated heterocycles. The summed E-state index contributed by atoms with van der Waals surface area (Å²) in [6, 6.07) is 0. The number of rotatable bonds is 1. The third-order valence-corrected chi connectivity index (χ3v) is 3.65. The van der Waals surface area contributed by atoms with Crippen LogP contribution in [0.5, 0.6) is 0 Å². The second kappa shape index (κ2) is 2.46. The Kier molecular flexibility index (Phi) is 1.65. The SMILES string of the molecule is NC1(C(=O)O)CCC2CCCC21. The van der Waals surface area contributed by atoms with E-state index in [0.717, 1.165) is 12.8 Å². The molecule has 2 aliphatic carbocycles. The Labute approximate surface area is 71.9 Å². The summed E-state index contributed by atoms with van der Waals surface area (Å²) in [5.74, 6) is 0.0676. The van der Waals surface area contributed by atoms with Crippen molar-refractivity contribution in [2.75, 3.05) is 0 Å². The van der Waals surface area contributed by atoms with Crippen molar-refractivity contribution in [3.8, 4) is 0 Å². The fraction of sp³-hybridized carbons (Fsp3) is 0.889. The van der Waals surface area contributed by atoms with Gasteiger partial charge in [0.2, 0.25) is 0 Å². The number of hydrogen-bond acceptors (Lipinski definition) is 2. The number of nitrogens with two attached hydrogens (primary N) is 1. The van der Waals surface area contributed by atoms with Crippen molar-refractivity contribution in [3.63, 3.8) is 0 Å². The van der Waals surface area contributed by atoms with Crippen LogP contribution in [0.3, 0.4) is 0 Å². The molecule has 0 spiro atoms. The van der Waals surface area contributed by atoms with Crippen molar-refractivity contribution >= 4 is 5.97 Å². The molecule has 2 aliphatic rings. The van der Waals surface area contributed by atoms with Gasteiger partial charge in [-0.15, -0.1) is 0 Å². The van der Waals surface area contributed by atoms with E-state index in [-0.39, 0.29) is 5.92 Å². The highest BCUT2D eigenvalue weighted by Crippen LogP contribution is 2.48. The lowest BCUT2D eigenvalue weighted by Crippen LogP contribution is -2.51. The number of fused-ring (bicyclic) bond motifs is 1.